The number of benzene rings is 2. The smallest absolute Gasteiger partial charge is 0.178 e. The Bertz CT molecular complexity index is 1200. The van der Waals surface area contributed by atoms with Crippen LogP contribution >= 0.6 is 50.5 Å². The van der Waals surface area contributed by atoms with E-state index in [2.05, 4.69) is 38.3 Å². The summed E-state index contributed by atoms with van der Waals surface area (Å²) in [5.41, 5.74) is 3.05. The minimum Gasteiger partial charge on any atom is -0.493 e. The summed E-state index contributed by atoms with van der Waals surface area (Å²) in [6, 6.07) is 13.6. The Labute approximate surface area is 183 Å². The molecule has 5 rings (SSSR count). The van der Waals surface area contributed by atoms with Crippen LogP contribution in [0.15, 0.2) is 53.3 Å². The lowest BCUT2D eigenvalue weighted by molar-refractivity contribution is 0.327. The second-order valence-electron chi connectivity index (χ2n) is 6.31. The first-order valence-electron chi connectivity index (χ1n) is 8.51. The van der Waals surface area contributed by atoms with E-state index in [-0.39, 0.29) is 0 Å². The van der Waals surface area contributed by atoms with Gasteiger partial charge in [-0.15, -0.1) is 21.5 Å². The van der Waals surface area contributed by atoms with Crippen molar-refractivity contribution >= 4 is 50.5 Å². The Kier molecular flexibility index (Phi) is 4.67. The van der Waals surface area contributed by atoms with Crippen molar-refractivity contribution in [3.63, 3.8) is 0 Å². The summed E-state index contributed by atoms with van der Waals surface area (Å²) in [5, 5.41) is 9.62. The number of rotatable bonds is 2. The SMILES string of the molecule is Clc1ccc(-n2cnnc2-c2cc3c(s2)CCOc2ccc(Br)cc2-3)c(Cl)c1. The second-order valence-corrected chi connectivity index (χ2v) is 9.20. The first-order chi connectivity index (χ1) is 13.6. The molecular formula is C20H12BrCl2N3OS. The molecule has 4 aromatic rings. The van der Waals surface area contributed by atoms with Crippen LogP contribution in [0, 0.1) is 0 Å². The second kappa shape index (κ2) is 7.19. The topological polar surface area (TPSA) is 39.9 Å². The Morgan fingerprint density at radius 1 is 1.07 bits per heavy atom. The van der Waals surface area contributed by atoms with Crippen molar-refractivity contribution in [3.8, 4) is 33.3 Å². The zero-order valence-corrected chi connectivity index (χ0v) is 18.2. The summed E-state index contributed by atoms with van der Waals surface area (Å²) < 4.78 is 8.83. The molecule has 2 aromatic heterocycles. The summed E-state index contributed by atoms with van der Waals surface area (Å²) in [7, 11) is 0. The van der Waals surface area contributed by atoms with E-state index in [4.69, 9.17) is 27.9 Å². The van der Waals surface area contributed by atoms with Gasteiger partial charge in [0.2, 0.25) is 0 Å². The van der Waals surface area contributed by atoms with Crippen molar-refractivity contribution in [1.82, 2.24) is 14.8 Å². The highest BCUT2D eigenvalue weighted by molar-refractivity contribution is 9.10. The van der Waals surface area contributed by atoms with E-state index in [9.17, 15) is 0 Å². The molecule has 0 amide bonds. The number of hydrogen-bond acceptors (Lipinski definition) is 4. The van der Waals surface area contributed by atoms with E-state index in [1.165, 1.54) is 10.4 Å². The predicted octanol–water partition coefficient (Wildman–Crippen LogP) is 6.67. The number of halogens is 3. The van der Waals surface area contributed by atoms with Gasteiger partial charge in [-0.25, -0.2) is 0 Å². The predicted molar refractivity (Wildman–Crippen MR) is 117 cm³/mol. The molecule has 0 aliphatic carbocycles. The first-order valence-corrected chi connectivity index (χ1v) is 10.9. The molecule has 0 N–H and O–H groups in total. The van der Waals surface area contributed by atoms with Crippen LogP contribution in [-0.2, 0) is 6.42 Å². The van der Waals surface area contributed by atoms with E-state index in [0.29, 0.717) is 16.7 Å². The fourth-order valence-electron chi connectivity index (χ4n) is 3.30. The van der Waals surface area contributed by atoms with Gasteiger partial charge in [0.1, 0.15) is 12.1 Å². The van der Waals surface area contributed by atoms with Crippen molar-refractivity contribution in [2.45, 2.75) is 6.42 Å². The number of hydrogen-bond donors (Lipinski definition) is 0. The van der Waals surface area contributed by atoms with Crippen molar-refractivity contribution in [2.24, 2.45) is 0 Å². The minimum atomic E-state index is 0.550. The van der Waals surface area contributed by atoms with Crippen LogP contribution in [0.4, 0.5) is 0 Å². The fraction of sp³-hybridized carbons (Fsp3) is 0.100. The molecule has 0 unspecified atom stereocenters. The van der Waals surface area contributed by atoms with Gasteiger partial charge in [-0.1, -0.05) is 39.1 Å². The van der Waals surface area contributed by atoms with Crippen LogP contribution in [0.5, 0.6) is 5.75 Å². The minimum absolute atomic E-state index is 0.550. The number of ether oxygens (including phenoxy) is 1. The molecule has 140 valence electrons. The molecule has 4 nitrogen and oxygen atoms in total. The zero-order valence-electron chi connectivity index (χ0n) is 14.3. The lowest BCUT2D eigenvalue weighted by Crippen LogP contribution is -1.98. The van der Waals surface area contributed by atoms with Crippen LogP contribution in [0.3, 0.4) is 0 Å². The van der Waals surface area contributed by atoms with Crippen molar-refractivity contribution in [3.05, 3.63) is 68.2 Å². The molecule has 1 aliphatic rings. The highest BCUT2D eigenvalue weighted by atomic mass is 79.9. The maximum absolute atomic E-state index is 6.41. The van der Waals surface area contributed by atoms with Gasteiger partial charge in [0.05, 0.1) is 22.2 Å². The molecule has 0 fully saturated rings. The van der Waals surface area contributed by atoms with Crippen LogP contribution < -0.4 is 4.74 Å². The molecular weight excluding hydrogens is 481 g/mol. The standard InChI is InChI=1S/C20H12BrCl2N3OS/c21-11-1-4-17-13(7-11)14-9-19(28-18(14)5-6-27-17)20-25-24-10-26(20)16-3-2-12(22)8-15(16)23/h1-4,7-10H,5-6H2. The van der Waals surface area contributed by atoms with Crippen LogP contribution in [0.2, 0.25) is 10.0 Å². The number of fused-ring (bicyclic) bond motifs is 3. The Hall–Kier alpha value is -1.86. The first kappa shape index (κ1) is 18.2. The van der Waals surface area contributed by atoms with E-state index in [1.807, 2.05) is 22.8 Å². The van der Waals surface area contributed by atoms with Gasteiger partial charge in [0, 0.05) is 31.9 Å². The average Bonchev–Trinajstić information content (AvgIpc) is 3.27. The number of aromatic nitrogens is 3. The van der Waals surface area contributed by atoms with E-state index < -0.39 is 0 Å². The van der Waals surface area contributed by atoms with Gasteiger partial charge in [-0.05, 0) is 42.5 Å². The molecule has 0 atom stereocenters. The summed E-state index contributed by atoms with van der Waals surface area (Å²) >= 11 is 17.7. The number of thiophene rings is 1. The lowest BCUT2D eigenvalue weighted by atomic mass is 10.0. The molecule has 0 radical (unpaired) electrons. The van der Waals surface area contributed by atoms with E-state index in [0.717, 1.165) is 38.6 Å². The highest BCUT2D eigenvalue weighted by Gasteiger charge is 2.22. The Morgan fingerprint density at radius 2 is 1.96 bits per heavy atom. The van der Waals surface area contributed by atoms with E-state index >= 15 is 0 Å². The van der Waals surface area contributed by atoms with Crippen LogP contribution in [0.25, 0.3) is 27.5 Å². The van der Waals surface area contributed by atoms with Gasteiger partial charge >= 0.3 is 0 Å². The van der Waals surface area contributed by atoms with Gasteiger partial charge < -0.3 is 4.74 Å². The van der Waals surface area contributed by atoms with Gasteiger partial charge in [0.25, 0.3) is 0 Å². The maximum Gasteiger partial charge on any atom is 0.178 e. The quantitative estimate of drug-likeness (QED) is 0.313. The van der Waals surface area contributed by atoms with Crippen molar-refractivity contribution < 1.29 is 4.74 Å². The molecule has 0 spiro atoms. The highest BCUT2D eigenvalue weighted by Crippen LogP contribution is 2.43. The number of nitrogens with zero attached hydrogens (tertiary/aromatic N) is 3. The summed E-state index contributed by atoms with van der Waals surface area (Å²) in [4.78, 5) is 2.30. The fourth-order valence-corrected chi connectivity index (χ4v) is 5.30. The third-order valence-electron chi connectivity index (χ3n) is 4.56. The van der Waals surface area contributed by atoms with Crippen LogP contribution in [-0.4, -0.2) is 21.4 Å². The lowest BCUT2D eigenvalue weighted by Gasteiger charge is -2.08. The maximum atomic E-state index is 6.41. The largest absolute Gasteiger partial charge is 0.493 e. The van der Waals surface area contributed by atoms with Crippen molar-refractivity contribution in [1.29, 1.82) is 0 Å². The Morgan fingerprint density at radius 3 is 2.82 bits per heavy atom. The molecule has 8 heteroatoms. The summed E-state index contributed by atoms with van der Waals surface area (Å²) in [6.45, 7) is 0.650. The molecule has 0 saturated carbocycles. The summed E-state index contributed by atoms with van der Waals surface area (Å²) in [6.07, 6.45) is 2.52. The van der Waals surface area contributed by atoms with Gasteiger partial charge in [0.15, 0.2) is 5.82 Å². The molecule has 0 saturated heterocycles. The monoisotopic (exact) mass is 491 g/mol. The summed E-state index contributed by atoms with van der Waals surface area (Å²) in [5.74, 6) is 1.65. The third kappa shape index (κ3) is 3.14. The van der Waals surface area contributed by atoms with E-state index in [1.54, 1.807) is 29.8 Å². The zero-order chi connectivity index (χ0) is 19.3. The Balaban J connectivity index is 1.65. The molecule has 3 heterocycles. The molecule has 1 aliphatic heterocycles. The molecule has 2 aromatic carbocycles. The normalized spacial score (nSPS) is 12.8. The third-order valence-corrected chi connectivity index (χ3v) is 6.79. The molecule has 28 heavy (non-hydrogen) atoms. The van der Waals surface area contributed by atoms with Gasteiger partial charge in [-0.2, -0.15) is 0 Å². The van der Waals surface area contributed by atoms with Gasteiger partial charge in [-0.3, -0.25) is 4.57 Å². The van der Waals surface area contributed by atoms with Crippen molar-refractivity contribution in [2.75, 3.05) is 6.61 Å². The van der Waals surface area contributed by atoms with Crippen LogP contribution in [0.1, 0.15) is 4.88 Å². The average molecular weight is 493 g/mol. The molecule has 0 bridgehead atoms.